The number of aromatic nitrogens is 3. The number of carbonyl (C=O) groups is 1. The summed E-state index contributed by atoms with van der Waals surface area (Å²) in [6.45, 7) is 6.83. The summed E-state index contributed by atoms with van der Waals surface area (Å²) in [4.78, 5) is 14.5. The second kappa shape index (κ2) is 10.4. The molecule has 1 heterocycles. The van der Waals surface area contributed by atoms with Gasteiger partial charge in [0.25, 0.3) is 0 Å². The molecular weight excluding hydrogens is 400 g/mol. The fourth-order valence-corrected chi connectivity index (χ4v) is 3.49. The third-order valence-electron chi connectivity index (χ3n) is 3.85. The monoisotopic (exact) mass is 427 g/mol. The van der Waals surface area contributed by atoms with Crippen molar-refractivity contribution >= 4 is 17.7 Å². The average molecular weight is 428 g/mol. The molecule has 1 aromatic heterocycles. The molecule has 1 amide bonds. The molecule has 1 aromatic carbocycles. The maximum absolute atomic E-state index is 12.6. The van der Waals surface area contributed by atoms with Crippen LogP contribution in [-0.2, 0) is 4.79 Å². The normalized spacial score (nSPS) is 11.5. The first-order valence-corrected chi connectivity index (χ1v) is 10.3. The SMILES string of the molecule is CC(C)CN(CC(C)C)C(=O)CSc1nnc(-c2ccc(OC(F)F)cc2)n1N. The van der Waals surface area contributed by atoms with E-state index in [9.17, 15) is 13.6 Å². The van der Waals surface area contributed by atoms with Crippen molar-refractivity contribution in [3.63, 3.8) is 0 Å². The van der Waals surface area contributed by atoms with Crippen LogP contribution in [0.3, 0.4) is 0 Å². The van der Waals surface area contributed by atoms with Crippen LogP contribution in [0.2, 0.25) is 0 Å². The number of rotatable bonds is 10. The Balaban J connectivity index is 2.04. The van der Waals surface area contributed by atoms with Crippen LogP contribution < -0.4 is 10.6 Å². The second-order valence-electron chi connectivity index (χ2n) is 7.45. The van der Waals surface area contributed by atoms with Crippen LogP contribution in [0.25, 0.3) is 11.4 Å². The van der Waals surface area contributed by atoms with Gasteiger partial charge >= 0.3 is 6.61 Å². The highest BCUT2D eigenvalue weighted by atomic mass is 32.2. The van der Waals surface area contributed by atoms with Gasteiger partial charge in [0.05, 0.1) is 5.75 Å². The molecule has 29 heavy (non-hydrogen) atoms. The zero-order valence-electron chi connectivity index (χ0n) is 17.0. The van der Waals surface area contributed by atoms with E-state index >= 15 is 0 Å². The molecular formula is C19H27F2N5O2S. The third kappa shape index (κ3) is 6.88. The van der Waals surface area contributed by atoms with Crippen molar-refractivity contribution in [2.45, 2.75) is 39.5 Å². The minimum absolute atomic E-state index is 0.0236. The van der Waals surface area contributed by atoms with Gasteiger partial charge in [-0.2, -0.15) is 8.78 Å². The number of ether oxygens (including phenoxy) is 1. The first-order chi connectivity index (χ1) is 13.7. The Kier molecular flexibility index (Phi) is 8.24. The Bertz CT molecular complexity index is 786. The topological polar surface area (TPSA) is 86.3 Å². The highest BCUT2D eigenvalue weighted by Crippen LogP contribution is 2.24. The lowest BCUT2D eigenvalue weighted by Crippen LogP contribution is -2.38. The Morgan fingerprint density at radius 2 is 1.72 bits per heavy atom. The molecule has 0 radical (unpaired) electrons. The summed E-state index contributed by atoms with van der Waals surface area (Å²) in [5.41, 5.74) is 0.598. The van der Waals surface area contributed by atoms with E-state index in [1.165, 1.54) is 28.6 Å². The molecule has 0 atom stereocenters. The van der Waals surface area contributed by atoms with E-state index in [0.29, 0.717) is 41.5 Å². The molecule has 2 rings (SSSR count). The molecule has 10 heteroatoms. The van der Waals surface area contributed by atoms with Gasteiger partial charge in [0, 0.05) is 18.7 Å². The highest BCUT2D eigenvalue weighted by Gasteiger charge is 2.19. The van der Waals surface area contributed by atoms with Crippen LogP contribution in [-0.4, -0.2) is 51.1 Å². The van der Waals surface area contributed by atoms with Gasteiger partial charge in [-0.15, -0.1) is 10.2 Å². The average Bonchev–Trinajstić information content (AvgIpc) is 2.99. The molecule has 0 spiro atoms. The van der Waals surface area contributed by atoms with Gasteiger partial charge in [-0.05, 0) is 36.1 Å². The quantitative estimate of drug-likeness (QED) is 0.461. The standard InChI is InChI=1S/C19H27F2N5O2S/c1-12(2)9-25(10-13(3)4)16(27)11-29-19-24-23-17(26(19)22)14-5-7-15(8-6-14)28-18(20)21/h5-8,12-13,18H,9-11,22H2,1-4H3. The van der Waals surface area contributed by atoms with Gasteiger partial charge in [0.1, 0.15) is 5.75 Å². The smallest absolute Gasteiger partial charge is 0.387 e. The lowest BCUT2D eigenvalue weighted by molar-refractivity contribution is -0.129. The fourth-order valence-electron chi connectivity index (χ4n) is 2.74. The van der Waals surface area contributed by atoms with Gasteiger partial charge in [-0.1, -0.05) is 39.5 Å². The van der Waals surface area contributed by atoms with Crippen LogP contribution in [0.4, 0.5) is 8.78 Å². The van der Waals surface area contributed by atoms with E-state index < -0.39 is 6.61 Å². The zero-order valence-corrected chi connectivity index (χ0v) is 17.8. The van der Waals surface area contributed by atoms with Gasteiger partial charge in [-0.3, -0.25) is 4.79 Å². The largest absolute Gasteiger partial charge is 0.435 e. The number of carbonyl (C=O) groups excluding carboxylic acids is 1. The van der Waals surface area contributed by atoms with E-state index in [-0.39, 0.29) is 17.4 Å². The summed E-state index contributed by atoms with van der Waals surface area (Å²) in [5.74, 6) is 7.47. The minimum Gasteiger partial charge on any atom is -0.435 e. The molecule has 0 saturated heterocycles. The van der Waals surface area contributed by atoms with Crippen molar-refractivity contribution in [2.24, 2.45) is 11.8 Å². The molecule has 7 nitrogen and oxygen atoms in total. The molecule has 0 unspecified atom stereocenters. The Hall–Kier alpha value is -2.36. The van der Waals surface area contributed by atoms with E-state index in [1.807, 2.05) is 4.90 Å². The van der Waals surface area contributed by atoms with Crippen molar-refractivity contribution in [2.75, 3.05) is 24.7 Å². The summed E-state index contributed by atoms with van der Waals surface area (Å²) in [5, 5.41) is 8.49. The van der Waals surface area contributed by atoms with E-state index in [1.54, 1.807) is 12.1 Å². The third-order valence-corrected chi connectivity index (χ3v) is 4.78. The van der Waals surface area contributed by atoms with Crippen LogP contribution >= 0.6 is 11.8 Å². The predicted molar refractivity (Wildman–Crippen MR) is 109 cm³/mol. The molecule has 160 valence electrons. The molecule has 0 aliphatic carbocycles. The number of hydrogen-bond acceptors (Lipinski definition) is 6. The summed E-state index contributed by atoms with van der Waals surface area (Å²) < 4.78 is 30.1. The summed E-state index contributed by atoms with van der Waals surface area (Å²) in [6, 6.07) is 5.94. The lowest BCUT2D eigenvalue weighted by atomic mass is 10.1. The summed E-state index contributed by atoms with van der Waals surface area (Å²) >= 11 is 1.21. The van der Waals surface area contributed by atoms with Crippen LogP contribution in [0.15, 0.2) is 29.4 Å². The number of alkyl halides is 2. The van der Waals surface area contributed by atoms with Gasteiger partial charge in [0.15, 0.2) is 5.82 Å². The number of hydrogen-bond donors (Lipinski definition) is 1. The molecule has 2 aromatic rings. The van der Waals surface area contributed by atoms with Gasteiger partial charge < -0.3 is 15.5 Å². The highest BCUT2D eigenvalue weighted by molar-refractivity contribution is 7.99. The maximum atomic E-state index is 12.6. The first kappa shape index (κ1) is 22.9. The second-order valence-corrected chi connectivity index (χ2v) is 8.40. The van der Waals surface area contributed by atoms with Crippen LogP contribution in [0, 0.1) is 11.8 Å². The summed E-state index contributed by atoms with van der Waals surface area (Å²) in [7, 11) is 0. The van der Waals surface area contributed by atoms with Crippen LogP contribution in [0.5, 0.6) is 5.75 Å². The molecule has 0 saturated carbocycles. The van der Waals surface area contributed by atoms with E-state index in [0.717, 1.165) is 0 Å². The number of benzene rings is 1. The minimum atomic E-state index is -2.88. The Morgan fingerprint density at radius 3 is 2.24 bits per heavy atom. The molecule has 0 aliphatic heterocycles. The summed E-state index contributed by atoms with van der Waals surface area (Å²) in [6.07, 6.45) is 0. The van der Waals surface area contributed by atoms with E-state index in [4.69, 9.17) is 5.84 Å². The first-order valence-electron chi connectivity index (χ1n) is 9.33. The number of thioether (sulfide) groups is 1. The molecule has 2 N–H and O–H groups in total. The van der Waals surface area contributed by atoms with Crippen molar-refractivity contribution in [1.29, 1.82) is 0 Å². The molecule has 0 fully saturated rings. The van der Waals surface area contributed by atoms with Crippen molar-refractivity contribution < 1.29 is 18.3 Å². The lowest BCUT2D eigenvalue weighted by Gasteiger charge is -2.26. The fraction of sp³-hybridized carbons (Fsp3) is 0.526. The maximum Gasteiger partial charge on any atom is 0.387 e. The van der Waals surface area contributed by atoms with E-state index in [2.05, 4.69) is 42.6 Å². The number of nitrogens with zero attached hydrogens (tertiary/aromatic N) is 4. The van der Waals surface area contributed by atoms with Crippen LogP contribution in [0.1, 0.15) is 27.7 Å². The number of halogens is 2. The predicted octanol–water partition coefficient (Wildman–Crippen LogP) is 3.49. The Labute approximate surface area is 173 Å². The molecule has 0 bridgehead atoms. The number of nitrogens with two attached hydrogens (primary N) is 1. The van der Waals surface area contributed by atoms with Gasteiger partial charge in [-0.25, -0.2) is 4.68 Å². The van der Waals surface area contributed by atoms with Crippen molar-refractivity contribution in [1.82, 2.24) is 19.8 Å². The number of amides is 1. The zero-order chi connectivity index (χ0) is 21.6. The number of nitrogen functional groups attached to an aromatic ring is 1. The van der Waals surface area contributed by atoms with Crippen molar-refractivity contribution in [3.05, 3.63) is 24.3 Å². The van der Waals surface area contributed by atoms with Crippen molar-refractivity contribution in [3.8, 4) is 17.1 Å². The Morgan fingerprint density at radius 1 is 1.14 bits per heavy atom. The molecule has 0 aliphatic rings. The van der Waals surface area contributed by atoms with Gasteiger partial charge in [0.2, 0.25) is 11.1 Å².